The molecule has 3 aromatic rings. The van der Waals surface area contributed by atoms with Crippen LogP contribution in [-0.2, 0) is 6.54 Å². The van der Waals surface area contributed by atoms with E-state index in [1.807, 2.05) is 26.0 Å². The number of benzene rings is 2. The number of fused-ring (bicyclic) bond motifs is 1. The molecule has 0 aliphatic heterocycles. The molecule has 0 atom stereocenters. The van der Waals surface area contributed by atoms with Crippen LogP contribution in [0.1, 0.15) is 29.8 Å². The van der Waals surface area contributed by atoms with E-state index in [0.717, 1.165) is 16.7 Å². The Kier molecular flexibility index (Phi) is 4.57. The molecule has 0 spiro atoms. The highest BCUT2D eigenvalue weighted by atomic mass is 16.5. The van der Waals surface area contributed by atoms with Gasteiger partial charge in [0.05, 0.1) is 18.2 Å². The van der Waals surface area contributed by atoms with Gasteiger partial charge in [-0.2, -0.15) is 0 Å². The molecule has 128 valence electrons. The first-order chi connectivity index (χ1) is 11.9. The van der Waals surface area contributed by atoms with Crippen LogP contribution in [0.2, 0.25) is 0 Å². The second-order valence-electron chi connectivity index (χ2n) is 6.17. The predicted molar refractivity (Wildman–Crippen MR) is 96.5 cm³/mol. The lowest BCUT2D eigenvalue weighted by atomic mass is 10.1. The van der Waals surface area contributed by atoms with Gasteiger partial charge in [0.15, 0.2) is 0 Å². The van der Waals surface area contributed by atoms with Crippen LogP contribution in [0.4, 0.5) is 0 Å². The lowest BCUT2D eigenvalue weighted by molar-refractivity contribution is 0.0697. The summed E-state index contributed by atoms with van der Waals surface area (Å²) >= 11 is 0. The zero-order valence-electron chi connectivity index (χ0n) is 14.1. The highest BCUT2D eigenvalue weighted by Gasteiger charge is 2.07. The Balaban J connectivity index is 1.91. The summed E-state index contributed by atoms with van der Waals surface area (Å²) in [5, 5.41) is 10.4. The first-order valence-electron chi connectivity index (χ1n) is 8.06. The van der Waals surface area contributed by atoms with Gasteiger partial charge in [-0.3, -0.25) is 4.79 Å². The molecule has 0 bridgehead atoms. The van der Waals surface area contributed by atoms with Crippen molar-refractivity contribution in [2.24, 2.45) is 0 Å². The third kappa shape index (κ3) is 3.71. The number of rotatable bonds is 5. The SMILES string of the molecule is CC(C)Oc1ccc2c(=O)n(Cc3ccc(C(=O)O)cc3)ccc2c1. The number of carboxylic acid groups (broad SMARTS) is 1. The van der Waals surface area contributed by atoms with E-state index in [-0.39, 0.29) is 17.2 Å². The number of ether oxygens (including phenoxy) is 1. The topological polar surface area (TPSA) is 68.5 Å². The maximum Gasteiger partial charge on any atom is 0.335 e. The minimum Gasteiger partial charge on any atom is -0.491 e. The van der Waals surface area contributed by atoms with Crippen LogP contribution < -0.4 is 10.3 Å². The molecule has 25 heavy (non-hydrogen) atoms. The summed E-state index contributed by atoms with van der Waals surface area (Å²) < 4.78 is 7.27. The fourth-order valence-electron chi connectivity index (χ4n) is 2.69. The highest BCUT2D eigenvalue weighted by molar-refractivity contribution is 5.87. The summed E-state index contributed by atoms with van der Waals surface area (Å²) in [5.74, 6) is -0.224. The van der Waals surface area contributed by atoms with Crippen molar-refractivity contribution < 1.29 is 14.6 Å². The van der Waals surface area contributed by atoms with Gasteiger partial charge in [0.25, 0.3) is 5.56 Å². The van der Waals surface area contributed by atoms with Crippen LogP contribution >= 0.6 is 0 Å². The van der Waals surface area contributed by atoms with Crippen LogP contribution in [0.5, 0.6) is 5.75 Å². The molecule has 5 nitrogen and oxygen atoms in total. The van der Waals surface area contributed by atoms with E-state index in [4.69, 9.17) is 9.84 Å². The molecule has 0 unspecified atom stereocenters. The van der Waals surface area contributed by atoms with Crippen molar-refractivity contribution in [3.63, 3.8) is 0 Å². The van der Waals surface area contributed by atoms with Crippen molar-refractivity contribution in [3.05, 3.63) is 76.2 Å². The molecule has 0 fully saturated rings. The predicted octanol–water partition coefficient (Wildman–Crippen LogP) is 3.54. The Labute approximate surface area is 145 Å². The number of aromatic carboxylic acids is 1. The Hall–Kier alpha value is -3.08. The first kappa shape index (κ1) is 16.8. The number of carboxylic acids is 1. The summed E-state index contributed by atoms with van der Waals surface area (Å²) in [7, 11) is 0. The van der Waals surface area contributed by atoms with Gasteiger partial charge in [-0.05, 0) is 61.2 Å². The molecule has 5 heteroatoms. The zero-order valence-corrected chi connectivity index (χ0v) is 14.1. The number of pyridine rings is 1. The van der Waals surface area contributed by atoms with Crippen molar-refractivity contribution >= 4 is 16.7 Å². The van der Waals surface area contributed by atoms with Gasteiger partial charge in [0.2, 0.25) is 0 Å². The minimum atomic E-state index is -0.964. The van der Waals surface area contributed by atoms with Crippen molar-refractivity contribution in [2.45, 2.75) is 26.5 Å². The van der Waals surface area contributed by atoms with Gasteiger partial charge in [-0.15, -0.1) is 0 Å². The number of carbonyl (C=O) groups is 1. The molecule has 0 saturated heterocycles. The molecule has 2 aromatic carbocycles. The largest absolute Gasteiger partial charge is 0.491 e. The van der Waals surface area contributed by atoms with Gasteiger partial charge in [0.1, 0.15) is 5.75 Å². The average Bonchev–Trinajstić information content (AvgIpc) is 2.57. The van der Waals surface area contributed by atoms with Crippen molar-refractivity contribution in [2.75, 3.05) is 0 Å². The molecule has 1 aromatic heterocycles. The van der Waals surface area contributed by atoms with Crippen LogP contribution in [0.3, 0.4) is 0 Å². The second kappa shape index (κ2) is 6.81. The van der Waals surface area contributed by atoms with Gasteiger partial charge < -0.3 is 14.4 Å². The van der Waals surface area contributed by atoms with Crippen LogP contribution in [-0.4, -0.2) is 21.7 Å². The summed E-state index contributed by atoms with van der Waals surface area (Å²) in [4.78, 5) is 23.6. The molecule has 0 amide bonds. The lowest BCUT2D eigenvalue weighted by Gasteiger charge is -2.11. The Morgan fingerprint density at radius 3 is 2.48 bits per heavy atom. The van der Waals surface area contributed by atoms with E-state index in [2.05, 4.69) is 0 Å². The Bertz CT molecular complexity index is 971. The van der Waals surface area contributed by atoms with Crippen molar-refractivity contribution in [1.82, 2.24) is 4.57 Å². The molecule has 3 rings (SSSR count). The van der Waals surface area contributed by atoms with E-state index in [9.17, 15) is 9.59 Å². The normalized spacial score (nSPS) is 11.0. The van der Waals surface area contributed by atoms with E-state index in [1.54, 1.807) is 47.2 Å². The molecule has 0 saturated carbocycles. The standard InChI is InChI=1S/C20H19NO4/c1-13(2)25-17-7-8-18-16(11-17)9-10-21(19(18)22)12-14-3-5-15(6-4-14)20(23)24/h3-11,13H,12H2,1-2H3,(H,23,24). The van der Waals surface area contributed by atoms with Crippen molar-refractivity contribution in [1.29, 1.82) is 0 Å². The highest BCUT2D eigenvalue weighted by Crippen LogP contribution is 2.19. The lowest BCUT2D eigenvalue weighted by Crippen LogP contribution is -2.20. The number of hydrogen-bond acceptors (Lipinski definition) is 3. The number of nitrogens with zero attached hydrogens (tertiary/aromatic N) is 1. The summed E-state index contributed by atoms with van der Waals surface area (Å²) in [6.45, 7) is 4.30. The van der Waals surface area contributed by atoms with E-state index < -0.39 is 5.97 Å². The van der Waals surface area contributed by atoms with Gasteiger partial charge in [0, 0.05) is 11.6 Å². The monoisotopic (exact) mass is 337 g/mol. The van der Waals surface area contributed by atoms with E-state index in [1.165, 1.54) is 0 Å². The molecular weight excluding hydrogens is 318 g/mol. The van der Waals surface area contributed by atoms with E-state index >= 15 is 0 Å². The second-order valence-corrected chi connectivity index (χ2v) is 6.17. The maximum atomic E-state index is 12.7. The third-order valence-corrected chi connectivity index (χ3v) is 3.87. The molecule has 0 radical (unpaired) electrons. The van der Waals surface area contributed by atoms with Gasteiger partial charge in [-0.25, -0.2) is 4.79 Å². The van der Waals surface area contributed by atoms with Gasteiger partial charge in [-0.1, -0.05) is 12.1 Å². The molecule has 1 heterocycles. The number of hydrogen-bond donors (Lipinski definition) is 1. The zero-order chi connectivity index (χ0) is 18.0. The van der Waals surface area contributed by atoms with Crippen LogP contribution in [0, 0.1) is 0 Å². The molecule has 0 aliphatic rings. The molecular formula is C20H19NO4. The average molecular weight is 337 g/mol. The third-order valence-electron chi connectivity index (χ3n) is 3.87. The van der Waals surface area contributed by atoms with Crippen molar-refractivity contribution in [3.8, 4) is 5.75 Å². The van der Waals surface area contributed by atoms with Crippen LogP contribution in [0.15, 0.2) is 59.5 Å². The quantitative estimate of drug-likeness (QED) is 0.773. The Morgan fingerprint density at radius 2 is 1.84 bits per heavy atom. The summed E-state index contributed by atoms with van der Waals surface area (Å²) in [6, 6.07) is 13.9. The molecule has 0 aliphatic carbocycles. The fourth-order valence-corrected chi connectivity index (χ4v) is 2.69. The minimum absolute atomic E-state index is 0.0756. The summed E-state index contributed by atoms with van der Waals surface area (Å²) in [6.07, 6.45) is 1.82. The maximum absolute atomic E-state index is 12.7. The Morgan fingerprint density at radius 1 is 1.12 bits per heavy atom. The van der Waals surface area contributed by atoms with Crippen LogP contribution in [0.25, 0.3) is 10.8 Å². The number of aromatic nitrogens is 1. The summed E-state index contributed by atoms with van der Waals surface area (Å²) in [5.41, 5.74) is 1.01. The molecule has 1 N–H and O–H groups in total. The fraction of sp³-hybridized carbons (Fsp3) is 0.200. The smallest absolute Gasteiger partial charge is 0.335 e. The van der Waals surface area contributed by atoms with E-state index in [0.29, 0.717) is 11.9 Å². The van der Waals surface area contributed by atoms with Gasteiger partial charge >= 0.3 is 5.97 Å². The first-order valence-corrected chi connectivity index (χ1v) is 8.06.